The number of carbonyl (C=O) groups is 3. The molecule has 0 radical (unpaired) electrons. The maximum atomic E-state index is 13.2. The number of quaternary nitrogens is 1. The van der Waals surface area contributed by atoms with E-state index in [1.54, 1.807) is 0 Å². The minimum Gasteiger partial charge on any atom is -0.492 e. The monoisotopic (exact) mass is 376 g/mol. The Labute approximate surface area is 156 Å². The molecule has 1 aliphatic carbocycles. The third kappa shape index (κ3) is 2.11. The lowest BCUT2D eigenvalue weighted by Gasteiger charge is -2.46. The standard InChI is InChI=1S/C18H21N3O6/c1-19-12-6-9-5-11-14(27-8-26-11)13(25-4)10(9)7-18(12)15(22)20(2)17(24)21(3)16(18)23/h5,12,19H,6-8H2,1-4H3/p+1/t12-/m1/s1. The molecule has 0 aromatic heterocycles. The van der Waals surface area contributed by atoms with Gasteiger partial charge in [-0.25, -0.2) is 4.79 Å². The summed E-state index contributed by atoms with van der Waals surface area (Å²) in [4.78, 5) is 40.7. The van der Waals surface area contributed by atoms with Crippen molar-refractivity contribution in [3.63, 3.8) is 0 Å². The van der Waals surface area contributed by atoms with Crippen molar-refractivity contribution in [1.29, 1.82) is 0 Å². The summed E-state index contributed by atoms with van der Waals surface area (Å²) in [5, 5.41) is 1.87. The topological polar surface area (TPSA) is 102 Å². The summed E-state index contributed by atoms with van der Waals surface area (Å²) in [5.41, 5.74) is 0.325. The molecule has 9 heteroatoms. The van der Waals surface area contributed by atoms with Gasteiger partial charge in [0.25, 0.3) is 11.8 Å². The number of likely N-dealkylation sites (N-methyl/N-ethyl adjacent to an activating group) is 1. The molecule has 1 aromatic carbocycles. The summed E-state index contributed by atoms with van der Waals surface area (Å²) < 4.78 is 16.6. The van der Waals surface area contributed by atoms with E-state index >= 15 is 0 Å². The molecule has 2 N–H and O–H groups in total. The largest absolute Gasteiger partial charge is 0.492 e. The van der Waals surface area contributed by atoms with E-state index in [2.05, 4.69) is 0 Å². The first-order chi connectivity index (χ1) is 12.9. The molecule has 0 saturated carbocycles. The zero-order valence-electron chi connectivity index (χ0n) is 15.7. The minimum atomic E-state index is -1.37. The van der Waals surface area contributed by atoms with Gasteiger partial charge in [-0.15, -0.1) is 0 Å². The average molecular weight is 376 g/mol. The number of methoxy groups -OCH3 is 1. The Kier molecular flexibility index (Phi) is 3.81. The first-order valence-corrected chi connectivity index (χ1v) is 8.74. The lowest BCUT2D eigenvalue weighted by Crippen LogP contribution is -2.94. The third-order valence-corrected chi connectivity index (χ3v) is 5.90. The van der Waals surface area contributed by atoms with Gasteiger partial charge in [-0.2, -0.15) is 0 Å². The van der Waals surface area contributed by atoms with Crippen molar-refractivity contribution in [1.82, 2.24) is 9.80 Å². The third-order valence-electron chi connectivity index (χ3n) is 5.90. The van der Waals surface area contributed by atoms with Crippen LogP contribution in [0.25, 0.3) is 0 Å². The number of hydrogen-bond acceptors (Lipinski definition) is 6. The summed E-state index contributed by atoms with van der Waals surface area (Å²) in [6.07, 6.45) is 0.600. The van der Waals surface area contributed by atoms with Crippen molar-refractivity contribution in [3.8, 4) is 17.2 Å². The number of ether oxygens (including phenoxy) is 3. The maximum absolute atomic E-state index is 13.2. The quantitative estimate of drug-likeness (QED) is 0.673. The highest BCUT2D eigenvalue weighted by molar-refractivity contribution is 6.19. The van der Waals surface area contributed by atoms with Crippen LogP contribution >= 0.6 is 0 Å². The molecule has 144 valence electrons. The molecule has 0 unspecified atom stereocenters. The smallest absolute Gasteiger partial charge is 0.332 e. The predicted molar refractivity (Wildman–Crippen MR) is 91.5 cm³/mol. The lowest BCUT2D eigenvalue weighted by molar-refractivity contribution is -0.673. The van der Waals surface area contributed by atoms with Crippen LogP contribution < -0.4 is 19.5 Å². The average Bonchev–Trinajstić information content (AvgIpc) is 3.15. The highest BCUT2D eigenvalue weighted by Crippen LogP contribution is 2.50. The molecule has 0 bridgehead atoms. The molecule has 27 heavy (non-hydrogen) atoms. The second kappa shape index (κ2) is 5.85. The normalized spacial score (nSPS) is 23.1. The number of benzene rings is 1. The Morgan fingerprint density at radius 1 is 1.19 bits per heavy atom. The van der Waals surface area contributed by atoms with Crippen LogP contribution in [0.4, 0.5) is 4.79 Å². The van der Waals surface area contributed by atoms with Crippen molar-refractivity contribution in [2.75, 3.05) is 35.0 Å². The van der Waals surface area contributed by atoms with Gasteiger partial charge >= 0.3 is 6.03 Å². The molecule has 1 fully saturated rings. The van der Waals surface area contributed by atoms with E-state index in [0.29, 0.717) is 23.7 Å². The summed E-state index contributed by atoms with van der Waals surface area (Å²) >= 11 is 0. The summed E-state index contributed by atoms with van der Waals surface area (Å²) in [7, 11) is 6.18. The van der Waals surface area contributed by atoms with E-state index < -0.39 is 23.3 Å². The Morgan fingerprint density at radius 2 is 1.85 bits per heavy atom. The number of rotatable bonds is 2. The number of hydrogen-bond donors (Lipinski definition) is 1. The molecule has 4 rings (SSSR count). The summed E-state index contributed by atoms with van der Waals surface area (Å²) in [6, 6.07) is 0.918. The molecule has 2 aliphatic heterocycles. The zero-order chi connectivity index (χ0) is 19.5. The number of barbiturate groups is 1. The van der Waals surface area contributed by atoms with Crippen molar-refractivity contribution < 1.29 is 33.9 Å². The SMILES string of the molecule is C[NH2+][C@@H]1Cc2cc3c(c(OC)c2CC12C(=O)N(C)C(=O)N(C)C2=O)OCO3. The van der Waals surface area contributed by atoms with Crippen molar-refractivity contribution >= 4 is 17.8 Å². The van der Waals surface area contributed by atoms with Gasteiger partial charge in [0.05, 0.1) is 14.2 Å². The van der Waals surface area contributed by atoms with Gasteiger partial charge in [-0.05, 0) is 11.6 Å². The van der Waals surface area contributed by atoms with Gasteiger partial charge in [0.2, 0.25) is 12.5 Å². The van der Waals surface area contributed by atoms with Crippen LogP contribution in [0.15, 0.2) is 6.07 Å². The summed E-state index contributed by atoms with van der Waals surface area (Å²) in [5.74, 6) is 0.603. The van der Waals surface area contributed by atoms with Crippen LogP contribution in [0.3, 0.4) is 0 Å². The van der Waals surface area contributed by atoms with Gasteiger partial charge < -0.3 is 19.5 Å². The Hall–Kier alpha value is -2.81. The van der Waals surface area contributed by atoms with Crippen molar-refractivity contribution in [3.05, 3.63) is 17.2 Å². The van der Waals surface area contributed by atoms with E-state index in [-0.39, 0.29) is 19.3 Å². The fourth-order valence-corrected chi connectivity index (χ4v) is 4.47. The molecule has 1 spiro atoms. The number of urea groups is 1. The molecule has 1 atom stereocenters. The molecular weight excluding hydrogens is 354 g/mol. The highest BCUT2D eigenvalue weighted by Gasteiger charge is 2.63. The van der Waals surface area contributed by atoms with E-state index in [1.165, 1.54) is 21.2 Å². The molecule has 4 amide bonds. The van der Waals surface area contributed by atoms with E-state index in [0.717, 1.165) is 20.9 Å². The Bertz CT molecular complexity index is 843. The fraction of sp³-hybridized carbons (Fsp3) is 0.500. The number of nitrogens with zero attached hydrogens (tertiary/aromatic N) is 2. The zero-order valence-corrected chi connectivity index (χ0v) is 15.7. The van der Waals surface area contributed by atoms with Gasteiger partial charge in [-0.1, -0.05) is 0 Å². The van der Waals surface area contributed by atoms with E-state index in [1.807, 2.05) is 18.4 Å². The highest BCUT2D eigenvalue weighted by atomic mass is 16.7. The van der Waals surface area contributed by atoms with E-state index in [4.69, 9.17) is 14.2 Å². The van der Waals surface area contributed by atoms with Crippen molar-refractivity contribution in [2.24, 2.45) is 5.41 Å². The first-order valence-electron chi connectivity index (χ1n) is 8.74. The lowest BCUT2D eigenvalue weighted by atomic mass is 9.65. The fourth-order valence-electron chi connectivity index (χ4n) is 4.47. The van der Waals surface area contributed by atoms with Gasteiger partial charge in [0.15, 0.2) is 16.9 Å². The van der Waals surface area contributed by atoms with Gasteiger partial charge in [-0.3, -0.25) is 19.4 Å². The number of nitrogens with two attached hydrogens (primary N) is 1. The van der Waals surface area contributed by atoms with Crippen LogP contribution in [0, 0.1) is 5.41 Å². The van der Waals surface area contributed by atoms with Gasteiger partial charge in [0.1, 0.15) is 6.04 Å². The summed E-state index contributed by atoms with van der Waals surface area (Å²) in [6.45, 7) is 0.0981. The predicted octanol–water partition coefficient (Wildman–Crippen LogP) is -0.879. The first kappa shape index (κ1) is 17.6. The van der Waals surface area contributed by atoms with Crippen LogP contribution in [0.5, 0.6) is 17.2 Å². The second-order valence-corrected chi connectivity index (χ2v) is 7.08. The number of amides is 4. The van der Waals surface area contributed by atoms with Crippen LogP contribution in [-0.4, -0.2) is 68.7 Å². The molecule has 9 nitrogen and oxygen atoms in total. The molecule has 1 aromatic rings. The van der Waals surface area contributed by atoms with Crippen LogP contribution in [0.2, 0.25) is 0 Å². The Balaban J connectivity index is 1.91. The maximum Gasteiger partial charge on any atom is 0.332 e. The minimum absolute atomic E-state index is 0.0981. The van der Waals surface area contributed by atoms with E-state index in [9.17, 15) is 14.4 Å². The van der Waals surface area contributed by atoms with Crippen molar-refractivity contribution in [2.45, 2.75) is 18.9 Å². The van der Waals surface area contributed by atoms with Crippen LogP contribution in [0.1, 0.15) is 11.1 Å². The molecule has 1 saturated heterocycles. The van der Waals surface area contributed by atoms with Crippen LogP contribution in [-0.2, 0) is 22.4 Å². The Morgan fingerprint density at radius 3 is 2.44 bits per heavy atom. The molecule has 3 aliphatic rings. The number of carbonyl (C=O) groups excluding carboxylic acids is 3. The molecule has 2 heterocycles. The number of fused-ring (bicyclic) bond motifs is 2. The van der Waals surface area contributed by atoms with Gasteiger partial charge in [0, 0.05) is 32.5 Å². The number of imide groups is 2. The second-order valence-electron chi connectivity index (χ2n) is 7.08. The molecular formula is C18H22N3O6+.